The van der Waals surface area contributed by atoms with Gasteiger partial charge in [0.25, 0.3) is 0 Å². The Hall–Kier alpha value is -2.08. The highest BCUT2D eigenvalue weighted by Crippen LogP contribution is 2.07. The fourth-order valence-corrected chi connectivity index (χ4v) is 2.51. The Bertz CT molecular complexity index is 678. The number of imidazole rings is 1. The van der Waals surface area contributed by atoms with Crippen molar-refractivity contribution in [1.29, 1.82) is 0 Å². The Balaban J connectivity index is 0.00000312. The lowest BCUT2D eigenvalue weighted by Gasteiger charge is -2.22. The van der Waals surface area contributed by atoms with Crippen LogP contribution in [0.25, 0.3) is 0 Å². The lowest BCUT2D eigenvalue weighted by molar-refractivity contribution is -0.131. The molecule has 7 heteroatoms. The summed E-state index contributed by atoms with van der Waals surface area (Å²) in [4.78, 5) is 18.4. The van der Waals surface area contributed by atoms with Crippen molar-refractivity contribution in [2.24, 2.45) is 5.73 Å². The second-order valence-electron chi connectivity index (χ2n) is 5.65. The second-order valence-corrected chi connectivity index (χ2v) is 5.65. The summed E-state index contributed by atoms with van der Waals surface area (Å²) in [5, 5.41) is 0. The van der Waals surface area contributed by atoms with Crippen LogP contribution in [0.3, 0.4) is 0 Å². The van der Waals surface area contributed by atoms with Gasteiger partial charge in [0, 0.05) is 32.3 Å². The van der Waals surface area contributed by atoms with Gasteiger partial charge >= 0.3 is 0 Å². The molecule has 0 unspecified atom stereocenters. The van der Waals surface area contributed by atoms with Crippen molar-refractivity contribution in [2.75, 3.05) is 13.1 Å². The minimum absolute atomic E-state index is 0. The first-order valence-electron chi connectivity index (χ1n) is 7.94. The van der Waals surface area contributed by atoms with Crippen molar-refractivity contribution in [3.8, 4) is 0 Å². The van der Waals surface area contributed by atoms with Gasteiger partial charge in [-0.15, -0.1) is 38.0 Å². The second kappa shape index (κ2) is 12.3. The minimum atomic E-state index is -0.620. The maximum Gasteiger partial charge on any atom is 0.240 e. The first-order chi connectivity index (χ1) is 11.6. The molecule has 2 aromatic rings. The molecule has 142 valence electrons. The average molecular weight is 397 g/mol. The maximum atomic E-state index is 12.4. The predicted octanol–water partition coefficient (Wildman–Crippen LogP) is 2.85. The van der Waals surface area contributed by atoms with Gasteiger partial charge < -0.3 is 15.2 Å². The van der Waals surface area contributed by atoms with Crippen LogP contribution in [0.5, 0.6) is 0 Å². The van der Waals surface area contributed by atoms with Crippen LogP contribution in [-0.2, 0) is 17.8 Å². The van der Waals surface area contributed by atoms with E-state index in [0.29, 0.717) is 19.5 Å². The number of benzene rings is 1. The number of hydrogen-bond acceptors (Lipinski definition) is 3. The maximum absolute atomic E-state index is 12.4. The van der Waals surface area contributed by atoms with Crippen LogP contribution in [0.15, 0.2) is 68.2 Å². The Morgan fingerprint density at radius 1 is 1.19 bits per heavy atom. The molecule has 0 saturated carbocycles. The monoisotopic (exact) mass is 396 g/mol. The van der Waals surface area contributed by atoms with Gasteiger partial charge in [-0.3, -0.25) is 4.79 Å². The van der Waals surface area contributed by atoms with Crippen LogP contribution in [-0.4, -0.2) is 39.5 Å². The lowest BCUT2D eigenvalue weighted by Crippen LogP contribution is -2.45. The van der Waals surface area contributed by atoms with Crippen molar-refractivity contribution < 1.29 is 4.79 Å². The Kier molecular flexibility index (Phi) is 11.3. The molecule has 0 radical (unpaired) electrons. The molecule has 1 amide bonds. The Morgan fingerprint density at radius 2 is 1.81 bits per heavy atom. The van der Waals surface area contributed by atoms with Gasteiger partial charge in [0.05, 0.1) is 18.1 Å². The molecule has 1 aromatic heterocycles. The molecule has 0 aliphatic rings. The molecule has 0 aliphatic heterocycles. The number of rotatable bonds is 9. The molecule has 1 aromatic carbocycles. The van der Waals surface area contributed by atoms with Crippen LogP contribution < -0.4 is 5.73 Å². The number of halogens is 2. The fraction of sp³-hybridized carbons (Fsp3) is 0.263. The molecule has 2 rings (SSSR count). The smallest absolute Gasteiger partial charge is 0.240 e. The highest BCUT2D eigenvalue weighted by Gasteiger charge is 2.20. The summed E-state index contributed by atoms with van der Waals surface area (Å²) in [5.41, 5.74) is 8.07. The summed E-state index contributed by atoms with van der Waals surface area (Å²) in [6, 6.07) is 9.52. The molecule has 0 saturated heterocycles. The van der Waals surface area contributed by atoms with Crippen molar-refractivity contribution in [1.82, 2.24) is 14.5 Å². The largest absolute Gasteiger partial charge is 0.334 e. The normalized spacial score (nSPS) is 10.8. The number of amides is 1. The number of carbonyl (C=O) groups is 1. The Labute approximate surface area is 167 Å². The standard InChI is InChI=1S/C19H24N4O.2ClH/c1-3-10-23(11-4-2)19(24)18(20)12-17-14-22(15-21-17)13-16-8-6-5-7-9-16;;/h3-9,14-15,18H,1-2,10-13,20H2;2*1H/t18-;;/m0../s1. The molecule has 0 aliphatic carbocycles. The molecule has 5 nitrogen and oxygen atoms in total. The highest BCUT2D eigenvalue weighted by atomic mass is 35.5. The number of carbonyl (C=O) groups excluding carboxylic acids is 1. The number of nitrogens with zero attached hydrogens (tertiary/aromatic N) is 3. The third-order valence-electron chi connectivity index (χ3n) is 3.65. The summed E-state index contributed by atoms with van der Waals surface area (Å²) < 4.78 is 1.99. The van der Waals surface area contributed by atoms with Crippen LogP contribution in [0.1, 0.15) is 11.3 Å². The van der Waals surface area contributed by atoms with Gasteiger partial charge in [-0.05, 0) is 5.56 Å². The van der Waals surface area contributed by atoms with Crippen molar-refractivity contribution in [2.45, 2.75) is 19.0 Å². The number of aromatic nitrogens is 2. The topological polar surface area (TPSA) is 64.2 Å². The SMILES string of the molecule is C=CCN(CC=C)C(=O)[C@@H](N)Cc1cn(Cc2ccccc2)cn1.Cl.Cl. The van der Waals surface area contributed by atoms with Gasteiger partial charge in [0.2, 0.25) is 5.91 Å². The van der Waals surface area contributed by atoms with Gasteiger partial charge in [0.15, 0.2) is 0 Å². The van der Waals surface area contributed by atoms with E-state index in [-0.39, 0.29) is 30.7 Å². The molecule has 0 spiro atoms. The Morgan fingerprint density at radius 3 is 2.38 bits per heavy atom. The van der Waals surface area contributed by atoms with Crippen molar-refractivity contribution >= 4 is 30.7 Å². The van der Waals surface area contributed by atoms with E-state index >= 15 is 0 Å². The van der Waals surface area contributed by atoms with E-state index in [9.17, 15) is 4.79 Å². The van der Waals surface area contributed by atoms with Gasteiger partial charge in [-0.1, -0.05) is 42.5 Å². The highest BCUT2D eigenvalue weighted by molar-refractivity contribution is 5.85. The summed E-state index contributed by atoms with van der Waals surface area (Å²) in [6.45, 7) is 9.00. The number of hydrogen-bond donors (Lipinski definition) is 1. The van der Waals surface area contributed by atoms with Crippen LogP contribution in [0.2, 0.25) is 0 Å². The van der Waals surface area contributed by atoms with E-state index in [1.54, 1.807) is 23.4 Å². The van der Waals surface area contributed by atoms with E-state index in [1.807, 2.05) is 29.0 Å². The molecule has 1 heterocycles. The summed E-state index contributed by atoms with van der Waals surface area (Å²) >= 11 is 0. The minimum Gasteiger partial charge on any atom is -0.334 e. The molecule has 1 atom stereocenters. The van der Waals surface area contributed by atoms with Crippen molar-refractivity contribution in [3.05, 3.63) is 79.4 Å². The van der Waals surface area contributed by atoms with Gasteiger partial charge in [-0.25, -0.2) is 4.98 Å². The zero-order chi connectivity index (χ0) is 17.4. The molecule has 0 fully saturated rings. The first kappa shape index (κ1) is 23.9. The van der Waals surface area contributed by atoms with E-state index in [1.165, 1.54) is 5.56 Å². The third kappa shape index (κ3) is 7.04. The third-order valence-corrected chi connectivity index (χ3v) is 3.65. The molecular weight excluding hydrogens is 371 g/mol. The van der Waals surface area contributed by atoms with Crippen LogP contribution in [0.4, 0.5) is 0 Å². The van der Waals surface area contributed by atoms with E-state index in [0.717, 1.165) is 12.2 Å². The summed E-state index contributed by atoms with van der Waals surface area (Å²) in [5.74, 6) is -0.118. The average Bonchev–Trinajstić information content (AvgIpc) is 3.01. The molecule has 2 N–H and O–H groups in total. The number of nitrogens with two attached hydrogens (primary N) is 1. The first-order valence-corrected chi connectivity index (χ1v) is 7.94. The van der Waals surface area contributed by atoms with Crippen LogP contribution >= 0.6 is 24.8 Å². The van der Waals surface area contributed by atoms with E-state index < -0.39 is 6.04 Å². The van der Waals surface area contributed by atoms with Gasteiger partial charge in [-0.2, -0.15) is 0 Å². The van der Waals surface area contributed by atoms with Crippen molar-refractivity contribution in [3.63, 3.8) is 0 Å². The van der Waals surface area contributed by atoms with Crippen LogP contribution in [0, 0.1) is 0 Å². The quantitative estimate of drug-likeness (QED) is 0.662. The molecular formula is C19H26Cl2N4O. The zero-order valence-electron chi connectivity index (χ0n) is 14.7. The molecule has 0 bridgehead atoms. The summed E-state index contributed by atoms with van der Waals surface area (Å²) in [6.07, 6.45) is 7.48. The zero-order valence-corrected chi connectivity index (χ0v) is 16.3. The lowest BCUT2D eigenvalue weighted by atomic mass is 10.1. The van der Waals surface area contributed by atoms with E-state index in [2.05, 4.69) is 30.3 Å². The molecule has 26 heavy (non-hydrogen) atoms. The fourth-order valence-electron chi connectivity index (χ4n) is 2.51. The predicted molar refractivity (Wildman–Crippen MR) is 111 cm³/mol. The summed E-state index contributed by atoms with van der Waals surface area (Å²) in [7, 11) is 0. The van der Waals surface area contributed by atoms with E-state index in [4.69, 9.17) is 5.73 Å². The van der Waals surface area contributed by atoms with Gasteiger partial charge in [0.1, 0.15) is 0 Å².